The summed E-state index contributed by atoms with van der Waals surface area (Å²) in [5, 5.41) is 13.7. The molecule has 2 heterocycles. The molecule has 178 valence electrons. The Balaban J connectivity index is 1.48. The Hall–Kier alpha value is -3.89. The van der Waals surface area contributed by atoms with Crippen molar-refractivity contribution < 1.29 is 23.7 Å². The molecule has 3 aromatic rings. The average Bonchev–Trinajstić information content (AvgIpc) is 3.37. The number of imide groups is 1. The highest BCUT2D eigenvalue weighted by Crippen LogP contribution is 2.34. The summed E-state index contributed by atoms with van der Waals surface area (Å²) in [5.74, 6) is -0.510. The van der Waals surface area contributed by atoms with E-state index in [1.54, 1.807) is 56.3 Å². The molecule has 9 nitrogen and oxygen atoms in total. The van der Waals surface area contributed by atoms with E-state index in [4.69, 9.17) is 16.0 Å². The number of nitro groups is 1. The third-order valence-corrected chi connectivity index (χ3v) is 6.38. The summed E-state index contributed by atoms with van der Waals surface area (Å²) in [7, 11) is 0. The number of nitro benzene ring substituents is 1. The lowest BCUT2D eigenvalue weighted by atomic mass is 10.1. The van der Waals surface area contributed by atoms with Gasteiger partial charge in [-0.15, -0.1) is 0 Å². The van der Waals surface area contributed by atoms with Crippen LogP contribution in [-0.4, -0.2) is 33.4 Å². The molecule has 0 spiro atoms. The molecule has 1 N–H and O–H groups in total. The van der Waals surface area contributed by atoms with Gasteiger partial charge in [-0.2, -0.15) is 0 Å². The van der Waals surface area contributed by atoms with Gasteiger partial charge in [-0.05, 0) is 55.4 Å². The zero-order chi connectivity index (χ0) is 25.3. The second-order valence-corrected chi connectivity index (χ2v) is 9.17. The molecular formula is C24H18ClN3O6S. The van der Waals surface area contributed by atoms with Crippen molar-refractivity contribution in [2.24, 2.45) is 0 Å². The fraction of sp³-hybridized carbons (Fsp3) is 0.125. The molecule has 4 rings (SSSR count). The smallest absolute Gasteiger partial charge is 0.294 e. The van der Waals surface area contributed by atoms with Gasteiger partial charge in [0.25, 0.3) is 16.8 Å². The number of benzene rings is 2. The lowest BCUT2D eigenvalue weighted by molar-refractivity contribution is -0.385. The first-order chi connectivity index (χ1) is 16.6. The summed E-state index contributed by atoms with van der Waals surface area (Å²) >= 11 is 6.65. The molecule has 1 aromatic heterocycles. The monoisotopic (exact) mass is 511 g/mol. The van der Waals surface area contributed by atoms with Crippen LogP contribution in [0.3, 0.4) is 0 Å². The molecule has 1 aliphatic heterocycles. The van der Waals surface area contributed by atoms with E-state index in [-0.39, 0.29) is 16.4 Å². The van der Waals surface area contributed by atoms with Crippen LogP contribution in [0.25, 0.3) is 17.4 Å². The molecule has 1 saturated heterocycles. The van der Waals surface area contributed by atoms with E-state index in [2.05, 4.69) is 5.32 Å². The highest BCUT2D eigenvalue weighted by Gasteiger charge is 2.36. The molecule has 2 aromatic carbocycles. The van der Waals surface area contributed by atoms with Gasteiger partial charge in [-0.3, -0.25) is 29.4 Å². The van der Waals surface area contributed by atoms with Crippen LogP contribution in [0.2, 0.25) is 5.02 Å². The van der Waals surface area contributed by atoms with E-state index < -0.39 is 28.5 Å². The van der Waals surface area contributed by atoms with Gasteiger partial charge in [0.2, 0.25) is 5.91 Å². The molecule has 0 unspecified atom stereocenters. The maximum absolute atomic E-state index is 12.8. The number of hydrogen-bond acceptors (Lipinski definition) is 7. The van der Waals surface area contributed by atoms with Gasteiger partial charge >= 0.3 is 0 Å². The molecule has 0 aliphatic carbocycles. The summed E-state index contributed by atoms with van der Waals surface area (Å²) in [6.07, 6.45) is 1.40. The minimum atomic E-state index is -0.623. The van der Waals surface area contributed by atoms with Gasteiger partial charge in [0.1, 0.15) is 18.1 Å². The highest BCUT2D eigenvalue weighted by molar-refractivity contribution is 8.18. The molecule has 0 atom stereocenters. The second-order valence-electron chi connectivity index (χ2n) is 7.74. The number of anilines is 1. The van der Waals surface area contributed by atoms with Crippen LogP contribution in [-0.2, 0) is 9.59 Å². The van der Waals surface area contributed by atoms with E-state index in [9.17, 15) is 24.5 Å². The van der Waals surface area contributed by atoms with Gasteiger partial charge in [0.15, 0.2) is 0 Å². The number of carbonyl (C=O) groups is 3. The molecule has 35 heavy (non-hydrogen) atoms. The number of aryl methyl sites for hydroxylation is 2. The van der Waals surface area contributed by atoms with E-state index in [1.165, 1.54) is 12.1 Å². The van der Waals surface area contributed by atoms with Crippen molar-refractivity contribution in [1.82, 2.24) is 4.90 Å². The minimum Gasteiger partial charge on any atom is -0.457 e. The molecule has 0 saturated carbocycles. The number of hydrogen-bond donors (Lipinski definition) is 1. The zero-order valence-corrected chi connectivity index (χ0v) is 20.1. The van der Waals surface area contributed by atoms with Crippen LogP contribution in [0.1, 0.15) is 16.9 Å². The lowest BCUT2D eigenvalue weighted by Gasteiger charge is -2.13. The first kappa shape index (κ1) is 24.2. The number of carbonyl (C=O) groups excluding carboxylic acids is 3. The van der Waals surface area contributed by atoms with Gasteiger partial charge in [0, 0.05) is 34.0 Å². The number of nitrogens with one attached hydrogen (secondary N) is 1. The molecular weight excluding hydrogens is 494 g/mol. The van der Waals surface area contributed by atoms with Crippen LogP contribution < -0.4 is 5.32 Å². The SMILES string of the molecule is Cc1ccc(Cl)cc1NC(=O)CN1C(=O)S/C(=C/c2ccc(-c3ccc(C)c([N+](=O)[O-])c3)o2)C1=O. The third-order valence-electron chi connectivity index (χ3n) is 5.24. The Morgan fingerprint density at radius 3 is 2.63 bits per heavy atom. The van der Waals surface area contributed by atoms with Crippen molar-refractivity contribution in [3.05, 3.63) is 85.5 Å². The maximum atomic E-state index is 12.8. The van der Waals surface area contributed by atoms with Crippen molar-refractivity contribution in [3.63, 3.8) is 0 Å². The molecule has 0 bridgehead atoms. The number of nitrogens with zero attached hydrogens (tertiary/aromatic N) is 2. The van der Waals surface area contributed by atoms with Crippen molar-refractivity contribution in [1.29, 1.82) is 0 Å². The van der Waals surface area contributed by atoms with E-state index >= 15 is 0 Å². The zero-order valence-electron chi connectivity index (χ0n) is 18.5. The average molecular weight is 512 g/mol. The molecule has 0 radical (unpaired) electrons. The molecule has 1 aliphatic rings. The summed E-state index contributed by atoms with van der Waals surface area (Å²) < 4.78 is 5.72. The number of thioether (sulfide) groups is 1. The van der Waals surface area contributed by atoms with Crippen molar-refractivity contribution >= 4 is 57.9 Å². The van der Waals surface area contributed by atoms with E-state index in [1.807, 2.05) is 0 Å². The molecule has 1 fully saturated rings. The first-order valence-electron chi connectivity index (χ1n) is 10.3. The topological polar surface area (TPSA) is 123 Å². The Bertz CT molecular complexity index is 1410. The Morgan fingerprint density at radius 2 is 1.89 bits per heavy atom. The first-order valence-corrected chi connectivity index (χ1v) is 11.5. The van der Waals surface area contributed by atoms with Crippen LogP contribution >= 0.6 is 23.4 Å². The summed E-state index contributed by atoms with van der Waals surface area (Å²) in [5.41, 5.74) is 2.26. The lowest BCUT2D eigenvalue weighted by Crippen LogP contribution is -2.36. The van der Waals surface area contributed by atoms with Crippen molar-refractivity contribution in [2.75, 3.05) is 11.9 Å². The standard InChI is InChI=1S/C24H18ClN3O6S/c1-13-4-6-16(25)10-18(13)26-22(29)12-27-23(30)21(35-24(27)31)11-17-7-8-20(34-17)15-5-3-14(2)19(9-15)28(32)33/h3-11H,12H2,1-2H3,(H,26,29)/b21-11+. The summed E-state index contributed by atoms with van der Waals surface area (Å²) in [6.45, 7) is 2.98. The van der Waals surface area contributed by atoms with Crippen LogP contribution in [0, 0.1) is 24.0 Å². The Morgan fingerprint density at radius 1 is 1.14 bits per heavy atom. The highest BCUT2D eigenvalue weighted by atomic mass is 35.5. The van der Waals surface area contributed by atoms with Gasteiger partial charge < -0.3 is 9.73 Å². The van der Waals surface area contributed by atoms with Gasteiger partial charge in [-0.25, -0.2) is 0 Å². The maximum Gasteiger partial charge on any atom is 0.294 e. The summed E-state index contributed by atoms with van der Waals surface area (Å²) in [6, 6.07) is 12.9. The predicted octanol–water partition coefficient (Wildman–Crippen LogP) is 5.80. The van der Waals surface area contributed by atoms with Crippen LogP contribution in [0.4, 0.5) is 16.2 Å². The normalized spacial score (nSPS) is 14.6. The predicted molar refractivity (Wildman–Crippen MR) is 133 cm³/mol. The fourth-order valence-corrected chi connectivity index (χ4v) is 4.36. The van der Waals surface area contributed by atoms with Crippen molar-refractivity contribution in [3.8, 4) is 11.3 Å². The van der Waals surface area contributed by atoms with E-state index in [0.29, 0.717) is 39.4 Å². The summed E-state index contributed by atoms with van der Waals surface area (Å²) in [4.78, 5) is 49.3. The number of rotatable bonds is 6. The largest absolute Gasteiger partial charge is 0.457 e. The number of furan rings is 1. The minimum absolute atomic E-state index is 0.0344. The van der Waals surface area contributed by atoms with Gasteiger partial charge in [-0.1, -0.05) is 29.8 Å². The van der Waals surface area contributed by atoms with Crippen LogP contribution in [0.5, 0.6) is 0 Å². The molecule has 11 heteroatoms. The number of amides is 3. The van der Waals surface area contributed by atoms with Gasteiger partial charge in [0.05, 0.1) is 9.83 Å². The van der Waals surface area contributed by atoms with Crippen LogP contribution in [0.15, 0.2) is 57.9 Å². The Labute approximate surface area is 208 Å². The third kappa shape index (κ3) is 5.28. The number of halogens is 1. The molecule has 3 amide bonds. The Kier molecular flexibility index (Phi) is 6.77. The van der Waals surface area contributed by atoms with Crippen molar-refractivity contribution in [2.45, 2.75) is 13.8 Å². The fourth-order valence-electron chi connectivity index (χ4n) is 3.37. The second kappa shape index (κ2) is 9.77. The quantitative estimate of drug-likeness (QED) is 0.252. The van der Waals surface area contributed by atoms with E-state index in [0.717, 1.165) is 10.5 Å².